The zero-order valence-corrected chi connectivity index (χ0v) is 13.4. The van der Waals surface area contributed by atoms with Gasteiger partial charge in [-0.3, -0.25) is 0 Å². The Balaban J connectivity index is 2.36. The van der Waals surface area contributed by atoms with E-state index in [0.29, 0.717) is 5.92 Å². The second kappa shape index (κ2) is 7.46. The van der Waals surface area contributed by atoms with Crippen LogP contribution in [0.4, 0.5) is 0 Å². The van der Waals surface area contributed by atoms with Crippen molar-refractivity contribution >= 4 is 10.8 Å². The van der Waals surface area contributed by atoms with Gasteiger partial charge in [-0.25, -0.2) is 0 Å². The van der Waals surface area contributed by atoms with E-state index in [0.717, 1.165) is 31.6 Å². The molecule has 0 saturated carbocycles. The standard InChI is InChI=1S/C19H27NO/c1-4-14(3)13-21-19-11-10-15-8-6-7-9-17(15)18(19)12-16(20)5-2/h6-11,14,16H,4-5,12-13,20H2,1-3H3. The molecule has 0 radical (unpaired) electrons. The molecule has 0 aliphatic carbocycles. The van der Waals surface area contributed by atoms with Crippen LogP contribution in [-0.4, -0.2) is 12.6 Å². The molecule has 0 bridgehead atoms. The molecule has 0 saturated heterocycles. The summed E-state index contributed by atoms with van der Waals surface area (Å²) in [5, 5.41) is 2.52. The highest BCUT2D eigenvalue weighted by molar-refractivity contribution is 5.87. The molecule has 21 heavy (non-hydrogen) atoms. The van der Waals surface area contributed by atoms with E-state index >= 15 is 0 Å². The highest BCUT2D eigenvalue weighted by Crippen LogP contribution is 2.30. The highest BCUT2D eigenvalue weighted by Gasteiger charge is 2.13. The van der Waals surface area contributed by atoms with E-state index in [1.54, 1.807) is 0 Å². The number of benzene rings is 2. The van der Waals surface area contributed by atoms with Gasteiger partial charge in [-0.15, -0.1) is 0 Å². The van der Waals surface area contributed by atoms with Gasteiger partial charge in [0.15, 0.2) is 0 Å². The van der Waals surface area contributed by atoms with Gasteiger partial charge in [0.2, 0.25) is 0 Å². The molecular formula is C19H27NO. The summed E-state index contributed by atoms with van der Waals surface area (Å²) in [5.74, 6) is 1.57. The zero-order chi connectivity index (χ0) is 15.2. The molecule has 2 rings (SSSR count). The maximum absolute atomic E-state index is 6.19. The molecular weight excluding hydrogens is 258 g/mol. The third-order valence-electron chi connectivity index (χ3n) is 4.21. The van der Waals surface area contributed by atoms with Crippen molar-refractivity contribution in [1.29, 1.82) is 0 Å². The summed E-state index contributed by atoms with van der Waals surface area (Å²) in [7, 11) is 0. The number of hydrogen-bond acceptors (Lipinski definition) is 2. The van der Waals surface area contributed by atoms with E-state index in [1.165, 1.54) is 16.3 Å². The Labute approximate surface area is 128 Å². The van der Waals surface area contributed by atoms with E-state index in [1.807, 2.05) is 0 Å². The Hall–Kier alpha value is -1.54. The summed E-state index contributed by atoms with van der Waals surface area (Å²) < 4.78 is 6.09. The highest BCUT2D eigenvalue weighted by atomic mass is 16.5. The van der Waals surface area contributed by atoms with Crippen molar-refractivity contribution in [3.63, 3.8) is 0 Å². The van der Waals surface area contributed by atoms with Crippen LogP contribution in [0, 0.1) is 5.92 Å². The number of rotatable bonds is 7. The van der Waals surface area contributed by atoms with Gasteiger partial charge in [0.05, 0.1) is 6.61 Å². The smallest absolute Gasteiger partial charge is 0.123 e. The second-order valence-electron chi connectivity index (χ2n) is 5.96. The molecule has 114 valence electrons. The van der Waals surface area contributed by atoms with E-state index in [4.69, 9.17) is 10.5 Å². The van der Waals surface area contributed by atoms with Crippen molar-refractivity contribution in [2.45, 2.75) is 46.1 Å². The molecule has 0 heterocycles. The minimum absolute atomic E-state index is 0.182. The quantitative estimate of drug-likeness (QED) is 0.810. The predicted molar refractivity (Wildman–Crippen MR) is 90.9 cm³/mol. The van der Waals surface area contributed by atoms with Gasteiger partial charge in [0.1, 0.15) is 5.75 Å². The van der Waals surface area contributed by atoms with Gasteiger partial charge < -0.3 is 10.5 Å². The average Bonchev–Trinajstić information content (AvgIpc) is 2.53. The fraction of sp³-hybridized carbons (Fsp3) is 0.474. The molecule has 0 fully saturated rings. The first-order valence-corrected chi connectivity index (χ1v) is 8.04. The number of fused-ring (bicyclic) bond motifs is 1. The third-order valence-corrected chi connectivity index (χ3v) is 4.21. The maximum atomic E-state index is 6.19. The molecule has 2 aromatic carbocycles. The van der Waals surface area contributed by atoms with Crippen LogP contribution in [-0.2, 0) is 6.42 Å². The van der Waals surface area contributed by atoms with Gasteiger partial charge in [0, 0.05) is 11.6 Å². The Morgan fingerprint density at radius 1 is 1.05 bits per heavy atom. The van der Waals surface area contributed by atoms with Crippen LogP contribution >= 0.6 is 0 Å². The van der Waals surface area contributed by atoms with Crippen LogP contribution in [0.1, 0.15) is 39.2 Å². The summed E-state index contributed by atoms with van der Waals surface area (Å²) in [4.78, 5) is 0. The molecule has 2 heteroatoms. The molecule has 2 aromatic rings. The normalized spacial score (nSPS) is 14.1. The number of ether oxygens (including phenoxy) is 1. The lowest BCUT2D eigenvalue weighted by atomic mass is 9.97. The average molecular weight is 285 g/mol. The summed E-state index contributed by atoms with van der Waals surface area (Å²) in [5.41, 5.74) is 7.45. The SMILES string of the molecule is CCC(C)COc1ccc2ccccc2c1CC(N)CC. The van der Waals surface area contributed by atoms with Crippen molar-refractivity contribution in [3.05, 3.63) is 42.0 Å². The summed E-state index contributed by atoms with van der Waals surface area (Å²) in [6, 6.07) is 12.9. The fourth-order valence-corrected chi connectivity index (χ4v) is 2.42. The summed E-state index contributed by atoms with van der Waals surface area (Å²) >= 11 is 0. The summed E-state index contributed by atoms with van der Waals surface area (Å²) in [6.45, 7) is 7.32. The molecule has 0 aliphatic heterocycles. The van der Waals surface area contributed by atoms with Crippen LogP contribution in [0.3, 0.4) is 0 Å². The van der Waals surface area contributed by atoms with Crippen LogP contribution < -0.4 is 10.5 Å². The Kier molecular flexibility index (Phi) is 5.63. The van der Waals surface area contributed by atoms with E-state index in [9.17, 15) is 0 Å². The third kappa shape index (κ3) is 3.98. The molecule has 0 spiro atoms. The van der Waals surface area contributed by atoms with Crippen molar-refractivity contribution in [3.8, 4) is 5.75 Å². The van der Waals surface area contributed by atoms with Gasteiger partial charge in [0.25, 0.3) is 0 Å². The van der Waals surface area contributed by atoms with Crippen molar-refractivity contribution < 1.29 is 4.74 Å². The van der Waals surface area contributed by atoms with Crippen molar-refractivity contribution in [2.24, 2.45) is 11.7 Å². The van der Waals surface area contributed by atoms with E-state index < -0.39 is 0 Å². The second-order valence-corrected chi connectivity index (χ2v) is 5.96. The predicted octanol–water partition coefficient (Wildman–Crippen LogP) is 4.54. The largest absolute Gasteiger partial charge is 0.493 e. The molecule has 2 N–H and O–H groups in total. The number of nitrogens with two attached hydrogens (primary N) is 1. The molecule has 0 aromatic heterocycles. The minimum Gasteiger partial charge on any atom is -0.493 e. The summed E-state index contributed by atoms with van der Waals surface area (Å²) in [6.07, 6.45) is 2.99. The van der Waals surface area contributed by atoms with Gasteiger partial charge >= 0.3 is 0 Å². The Bertz CT molecular complexity index is 579. The first-order chi connectivity index (χ1) is 10.2. The molecule has 2 unspecified atom stereocenters. The van der Waals surface area contributed by atoms with E-state index in [-0.39, 0.29) is 6.04 Å². The number of hydrogen-bond donors (Lipinski definition) is 1. The van der Waals surface area contributed by atoms with E-state index in [2.05, 4.69) is 57.2 Å². The lowest BCUT2D eigenvalue weighted by molar-refractivity contribution is 0.254. The lowest BCUT2D eigenvalue weighted by Crippen LogP contribution is -2.22. The molecule has 0 aliphatic rings. The molecule has 2 nitrogen and oxygen atoms in total. The zero-order valence-electron chi connectivity index (χ0n) is 13.4. The van der Waals surface area contributed by atoms with Crippen LogP contribution in [0.15, 0.2) is 36.4 Å². The van der Waals surface area contributed by atoms with Gasteiger partial charge in [-0.1, -0.05) is 57.5 Å². The van der Waals surface area contributed by atoms with Gasteiger partial charge in [-0.2, -0.15) is 0 Å². The first-order valence-electron chi connectivity index (χ1n) is 8.04. The monoisotopic (exact) mass is 285 g/mol. The van der Waals surface area contributed by atoms with Crippen molar-refractivity contribution in [1.82, 2.24) is 0 Å². The molecule has 0 amide bonds. The van der Waals surface area contributed by atoms with Crippen LogP contribution in [0.25, 0.3) is 10.8 Å². The van der Waals surface area contributed by atoms with Gasteiger partial charge in [-0.05, 0) is 35.6 Å². The van der Waals surface area contributed by atoms with Crippen molar-refractivity contribution in [2.75, 3.05) is 6.61 Å². The lowest BCUT2D eigenvalue weighted by Gasteiger charge is -2.18. The fourth-order valence-electron chi connectivity index (χ4n) is 2.42. The molecule has 2 atom stereocenters. The Morgan fingerprint density at radius 3 is 2.52 bits per heavy atom. The Morgan fingerprint density at radius 2 is 1.81 bits per heavy atom. The van der Waals surface area contributed by atoms with Crippen LogP contribution in [0.2, 0.25) is 0 Å². The topological polar surface area (TPSA) is 35.2 Å². The first kappa shape index (κ1) is 15.8. The van der Waals surface area contributed by atoms with Crippen LogP contribution in [0.5, 0.6) is 5.75 Å². The minimum atomic E-state index is 0.182. The maximum Gasteiger partial charge on any atom is 0.123 e.